The van der Waals surface area contributed by atoms with E-state index in [9.17, 15) is 14.4 Å². The van der Waals surface area contributed by atoms with Gasteiger partial charge in [0.05, 0.1) is 0 Å². The molecule has 0 aliphatic carbocycles. The van der Waals surface area contributed by atoms with Crippen LogP contribution in [0, 0.1) is 0 Å². The monoisotopic (exact) mass is 314 g/mol. The van der Waals surface area contributed by atoms with Gasteiger partial charge >= 0.3 is 6.03 Å². The van der Waals surface area contributed by atoms with E-state index in [4.69, 9.17) is 0 Å². The number of anilines is 2. The molecule has 23 heavy (non-hydrogen) atoms. The van der Waals surface area contributed by atoms with Crippen molar-refractivity contribution in [3.63, 3.8) is 0 Å². The molecule has 2 rings (SSSR count). The van der Waals surface area contributed by atoms with Gasteiger partial charge in [-0.2, -0.15) is 0 Å². The van der Waals surface area contributed by atoms with Gasteiger partial charge < -0.3 is 20.5 Å². The normalized spacial score (nSPS) is 10.0. The Bertz CT molecular complexity index is 770. The number of amides is 3. The molecule has 3 N–H and O–H groups in total. The van der Waals surface area contributed by atoms with Gasteiger partial charge in [-0.25, -0.2) is 4.79 Å². The van der Waals surface area contributed by atoms with Crippen molar-refractivity contribution in [2.75, 3.05) is 24.2 Å². The summed E-state index contributed by atoms with van der Waals surface area (Å²) in [5.41, 5.74) is 0.594. The van der Waals surface area contributed by atoms with E-state index < -0.39 is 11.5 Å². The standard InChI is InChI=1S/C16H18N4O3/c1-3-20(2)16(23)19-12-7-4-6-11(10-12)18-15(22)13-8-5-9-17-14(13)21/h4-10H,3H2,1-2H3,(H,17,21)(H,18,22)(H,19,23). The molecule has 7 heteroatoms. The fourth-order valence-corrected chi connectivity index (χ4v) is 1.84. The molecule has 0 bridgehead atoms. The van der Waals surface area contributed by atoms with E-state index in [1.807, 2.05) is 6.92 Å². The number of H-pyrrole nitrogens is 1. The van der Waals surface area contributed by atoms with Crippen LogP contribution in [0.25, 0.3) is 0 Å². The third kappa shape index (κ3) is 4.19. The molecule has 0 aliphatic heterocycles. The fraction of sp³-hybridized carbons (Fsp3) is 0.188. The molecule has 0 aliphatic rings. The number of carbonyl (C=O) groups excluding carboxylic acids is 2. The summed E-state index contributed by atoms with van der Waals surface area (Å²) in [7, 11) is 1.68. The Balaban J connectivity index is 2.11. The van der Waals surface area contributed by atoms with Crippen molar-refractivity contribution in [2.45, 2.75) is 6.92 Å². The Morgan fingerprint density at radius 3 is 2.48 bits per heavy atom. The van der Waals surface area contributed by atoms with Crippen LogP contribution in [-0.4, -0.2) is 35.4 Å². The molecule has 0 saturated carbocycles. The van der Waals surface area contributed by atoms with Crippen molar-refractivity contribution in [1.82, 2.24) is 9.88 Å². The van der Waals surface area contributed by atoms with Crippen molar-refractivity contribution >= 4 is 23.3 Å². The highest BCUT2D eigenvalue weighted by Gasteiger charge is 2.11. The summed E-state index contributed by atoms with van der Waals surface area (Å²) in [6, 6.07) is 9.49. The SMILES string of the molecule is CCN(C)C(=O)Nc1cccc(NC(=O)c2ccc[nH]c2=O)c1. The third-order valence-electron chi connectivity index (χ3n) is 3.26. The van der Waals surface area contributed by atoms with E-state index in [1.54, 1.807) is 37.4 Å². The summed E-state index contributed by atoms with van der Waals surface area (Å²) >= 11 is 0. The Morgan fingerprint density at radius 2 is 1.83 bits per heavy atom. The second-order valence-corrected chi connectivity index (χ2v) is 4.89. The van der Waals surface area contributed by atoms with E-state index in [0.717, 1.165) is 0 Å². The van der Waals surface area contributed by atoms with Gasteiger partial charge in [0, 0.05) is 31.2 Å². The number of rotatable bonds is 4. The lowest BCUT2D eigenvalue weighted by atomic mass is 10.2. The Morgan fingerprint density at radius 1 is 1.13 bits per heavy atom. The van der Waals surface area contributed by atoms with Gasteiger partial charge in [-0.05, 0) is 37.3 Å². The van der Waals surface area contributed by atoms with Gasteiger partial charge in [-0.1, -0.05) is 6.07 Å². The summed E-state index contributed by atoms with van der Waals surface area (Å²) in [5, 5.41) is 5.36. The van der Waals surface area contributed by atoms with Crippen LogP contribution >= 0.6 is 0 Å². The Kier molecular flexibility index (Phi) is 5.14. The Labute approximate surface area is 133 Å². The number of hydrogen-bond donors (Lipinski definition) is 3. The van der Waals surface area contributed by atoms with Crippen molar-refractivity contribution < 1.29 is 9.59 Å². The van der Waals surface area contributed by atoms with Crippen LogP contribution in [0.4, 0.5) is 16.2 Å². The maximum Gasteiger partial charge on any atom is 0.321 e. The lowest BCUT2D eigenvalue weighted by molar-refractivity contribution is 0.102. The van der Waals surface area contributed by atoms with Gasteiger partial charge in [0.1, 0.15) is 5.56 Å². The van der Waals surface area contributed by atoms with Crippen LogP contribution in [0.2, 0.25) is 0 Å². The van der Waals surface area contributed by atoms with E-state index in [0.29, 0.717) is 17.9 Å². The van der Waals surface area contributed by atoms with Crippen LogP contribution in [0.15, 0.2) is 47.4 Å². The molecule has 0 unspecified atom stereocenters. The predicted octanol–water partition coefficient (Wildman–Crippen LogP) is 2.11. The first-order valence-corrected chi connectivity index (χ1v) is 7.12. The molecular formula is C16H18N4O3. The number of aromatic nitrogens is 1. The summed E-state index contributed by atoms with van der Waals surface area (Å²) in [6.07, 6.45) is 1.46. The second-order valence-electron chi connectivity index (χ2n) is 4.89. The zero-order chi connectivity index (χ0) is 16.8. The highest BCUT2D eigenvalue weighted by molar-refractivity contribution is 6.04. The minimum absolute atomic E-state index is 0.0210. The molecule has 1 aromatic carbocycles. The van der Waals surface area contributed by atoms with Crippen molar-refractivity contribution in [3.05, 3.63) is 58.5 Å². The van der Waals surface area contributed by atoms with Crippen molar-refractivity contribution in [2.24, 2.45) is 0 Å². The number of urea groups is 1. The van der Waals surface area contributed by atoms with Gasteiger partial charge in [0.2, 0.25) is 0 Å². The minimum Gasteiger partial charge on any atom is -0.328 e. The summed E-state index contributed by atoms with van der Waals surface area (Å²) in [4.78, 5) is 39.5. The first-order chi connectivity index (χ1) is 11.0. The molecule has 1 aromatic heterocycles. The molecule has 2 aromatic rings. The lowest BCUT2D eigenvalue weighted by Crippen LogP contribution is -2.30. The smallest absolute Gasteiger partial charge is 0.321 e. The number of nitrogens with one attached hydrogen (secondary N) is 3. The van der Waals surface area contributed by atoms with E-state index in [1.165, 1.54) is 17.2 Å². The number of benzene rings is 1. The third-order valence-corrected chi connectivity index (χ3v) is 3.26. The van der Waals surface area contributed by atoms with Gasteiger partial charge in [0.15, 0.2) is 0 Å². The largest absolute Gasteiger partial charge is 0.328 e. The molecule has 0 radical (unpaired) electrons. The van der Waals surface area contributed by atoms with Crippen molar-refractivity contribution in [1.29, 1.82) is 0 Å². The molecule has 0 saturated heterocycles. The Hall–Kier alpha value is -3.09. The highest BCUT2D eigenvalue weighted by atomic mass is 16.2. The first-order valence-electron chi connectivity index (χ1n) is 7.12. The highest BCUT2D eigenvalue weighted by Crippen LogP contribution is 2.16. The molecule has 1 heterocycles. The number of hydrogen-bond acceptors (Lipinski definition) is 3. The molecule has 7 nitrogen and oxygen atoms in total. The number of aromatic amines is 1. The maximum atomic E-state index is 12.1. The molecule has 0 atom stereocenters. The summed E-state index contributed by atoms with van der Waals surface area (Å²) < 4.78 is 0. The molecule has 0 spiro atoms. The maximum absolute atomic E-state index is 12.1. The van der Waals surface area contributed by atoms with E-state index >= 15 is 0 Å². The van der Waals surface area contributed by atoms with Crippen LogP contribution in [-0.2, 0) is 0 Å². The van der Waals surface area contributed by atoms with Gasteiger partial charge in [-0.3, -0.25) is 9.59 Å². The first kappa shape index (κ1) is 16.3. The van der Waals surface area contributed by atoms with Crippen LogP contribution < -0.4 is 16.2 Å². The van der Waals surface area contributed by atoms with E-state index in [-0.39, 0.29) is 11.6 Å². The summed E-state index contributed by atoms with van der Waals surface area (Å²) in [6.45, 7) is 2.45. The average molecular weight is 314 g/mol. The van der Waals surface area contributed by atoms with Crippen LogP contribution in [0.1, 0.15) is 17.3 Å². The summed E-state index contributed by atoms with van der Waals surface area (Å²) in [5.74, 6) is -0.513. The van der Waals surface area contributed by atoms with Crippen molar-refractivity contribution in [3.8, 4) is 0 Å². The van der Waals surface area contributed by atoms with E-state index in [2.05, 4.69) is 15.6 Å². The topological polar surface area (TPSA) is 94.3 Å². The van der Waals surface area contributed by atoms with Crippen LogP contribution in [0.3, 0.4) is 0 Å². The van der Waals surface area contributed by atoms with Gasteiger partial charge in [-0.15, -0.1) is 0 Å². The molecule has 0 fully saturated rings. The predicted molar refractivity (Wildman–Crippen MR) is 88.8 cm³/mol. The molecule has 120 valence electrons. The average Bonchev–Trinajstić information content (AvgIpc) is 2.54. The zero-order valence-electron chi connectivity index (χ0n) is 12.9. The minimum atomic E-state index is -0.513. The van der Waals surface area contributed by atoms with Crippen LogP contribution in [0.5, 0.6) is 0 Å². The number of nitrogens with zero attached hydrogens (tertiary/aromatic N) is 1. The lowest BCUT2D eigenvalue weighted by Gasteiger charge is -2.16. The molecular weight excluding hydrogens is 296 g/mol. The number of pyridine rings is 1. The zero-order valence-corrected chi connectivity index (χ0v) is 12.9. The second kappa shape index (κ2) is 7.26. The fourth-order valence-electron chi connectivity index (χ4n) is 1.84. The van der Waals surface area contributed by atoms with Gasteiger partial charge in [0.25, 0.3) is 11.5 Å². The molecule has 3 amide bonds. The quantitative estimate of drug-likeness (QED) is 0.806. The number of carbonyl (C=O) groups is 2.